The van der Waals surface area contributed by atoms with Crippen LogP contribution in [0, 0.1) is 0 Å². The lowest BCUT2D eigenvalue weighted by atomic mass is 9.73. The minimum Gasteiger partial charge on any atom is -0.493 e. The Morgan fingerprint density at radius 1 is 0.968 bits per heavy atom. The van der Waals surface area contributed by atoms with Crippen molar-refractivity contribution in [3.8, 4) is 5.75 Å². The summed E-state index contributed by atoms with van der Waals surface area (Å²) in [7, 11) is 0. The molecule has 1 amide bonds. The number of carbonyl (C=O) groups excluding carboxylic acids is 1. The van der Waals surface area contributed by atoms with Crippen molar-refractivity contribution in [1.29, 1.82) is 0 Å². The van der Waals surface area contributed by atoms with Gasteiger partial charge in [0.25, 0.3) is 0 Å². The number of hydrogen-bond donors (Lipinski definition) is 0. The summed E-state index contributed by atoms with van der Waals surface area (Å²) in [6.07, 6.45) is 2.52. The molecule has 6 heteroatoms. The van der Waals surface area contributed by atoms with E-state index in [1.54, 1.807) is 0 Å². The van der Waals surface area contributed by atoms with Gasteiger partial charge in [-0.05, 0) is 47.7 Å². The standard InChI is InChI=1S/C25H29BrN2O3/c26-22-4-2-21(3-5-22)25(8-15-30-16-9-25)24(29)28-12-10-27(11-13-28)18-19-1-6-23-20(17-19)7-14-31-23/h1-6,17H,7-16,18H2. The highest BCUT2D eigenvalue weighted by Gasteiger charge is 2.44. The molecule has 0 atom stereocenters. The fourth-order valence-electron chi connectivity index (χ4n) is 5.12. The molecule has 0 unspecified atom stereocenters. The summed E-state index contributed by atoms with van der Waals surface area (Å²) in [6.45, 7) is 6.40. The van der Waals surface area contributed by atoms with Crippen LogP contribution in [0.3, 0.4) is 0 Å². The molecule has 5 rings (SSSR count). The first kappa shape index (κ1) is 21.0. The zero-order valence-corrected chi connectivity index (χ0v) is 19.4. The lowest BCUT2D eigenvalue weighted by Gasteiger charge is -2.43. The molecule has 2 aromatic rings. The van der Waals surface area contributed by atoms with E-state index in [-0.39, 0.29) is 5.91 Å². The minimum absolute atomic E-state index is 0.271. The van der Waals surface area contributed by atoms with Gasteiger partial charge >= 0.3 is 0 Å². The van der Waals surface area contributed by atoms with Crippen molar-refractivity contribution in [2.24, 2.45) is 0 Å². The smallest absolute Gasteiger partial charge is 0.233 e. The molecule has 0 radical (unpaired) electrons. The Labute approximate surface area is 192 Å². The van der Waals surface area contributed by atoms with Crippen molar-refractivity contribution < 1.29 is 14.3 Å². The van der Waals surface area contributed by atoms with Gasteiger partial charge in [-0.1, -0.05) is 40.2 Å². The summed E-state index contributed by atoms with van der Waals surface area (Å²) >= 11 is 3.52. The van der Waals surface area contributed by atoms with Crippen LogP contribution in [0.5, 0.6) is 5.75 Å². The average Bonchev–Trinajstić information content (AvgIpc) is 3.28. The van der Waals surface area contributed by atoms with Crippen LogP contribution in [-0.2, 0) is 27.9 Å². The highest BCUT2D eigenvalue weighted by atomic mass is 79.9. The summed E-state index contributed by atoms with van der Waals surface area (Å²) in [5, 5.41) is 0. The third kappa shape index (κ3) is 4.26. The normalized spacial score (nSPS) is 20.9. The Bertz CT molecular complexity index is 932. The fourth-order valence-corrected chi connectivity index (χ4v) is 5.39. The number of benzene rings is 2. The molecule has 0 aliphatic carbocycles. The second kappa shape index (κ2) is 8.93. The van der Waals surface area contributed by atoms with Gasteiger partial charge in [0.15, 0.2) is 0 Å². The molecule has 0 saturated carbocycles. The largest absolute Gasteiger partial charge is 0.493 e. The average molecular weight is 485 g/mol. The van der Waals surface area contributed by atoms with Crippen LogP contribution in [0.4, 0.5) is 0 Å². The van der Waals surface area contributed by atoms with Gasteiger partial charge < -0.3 is 14.4 Å². The summed E-state index contributed by atoms with van der Waals surface area (Å²) in [5.41, 5.74) is 3.31. The lowest BCUT2D eigenvalue weighted by Crippen LogP contribution is -2.55. The molecule has 0 bridgehead atoms. The number of piperazine rings is 1. The van der Waals surface area contributed by atoms with E-state index in [1.165, 1.54) is 11.1 Å². The molecule has 0 N–H and O–H groups in total. The Balaban J connectivity index is 1.25. The SMILES string of the molecule is O=C(N1CCN(Cc2ccc3c(c2)CCO3)CC1)C1(c2ccc(Br)cc2)CCOCC1. The second-order valence-electron chi connectivity index (χ2n) is 8.81. The minimum atomic E-state index is -0.457. The highest BCUT2D eigenvalue weighted by Crippen LogP contribution is 2.37. The number of carbonyl (C=O) groups is 1. The molecule has 5 nitrogen and oxygen atoms in total. The van der Waals surface area contributed by atoms with Gasteiger partial charge in [-0.3, -0.25) is 9.69 Å². The molecule has 2 aromatic carbocycles. The third-order valence-electron chi connectivity index (χ3n) is 6.97. The Morgan fingerprint density at radius 2 is 1.71 bits per heavy atom. The quantitative estimate of drug-likeness (QED) is 0.662. The Kier molecular flexibility index (Phi) is 6.04. The molecule has 3 heterocycles. The maximum absolute atomic E-state index is 13.8. The van der Waals surface area contributed by atoms with Crippen molar-refractivity contribution in [3.63, 3.8) is 0 Å². The summed E-state index contributed by atoms with van der Waals surface area (Å²) < 4.78 is 12.3. The van der Waals surface area contributed by atoms with Crippen molar-refractivity contribution >= 4 is 21.8 Å². The van der Waals surface area contributed by atoms with Crippen molar-refractivity contribution in [2.75, 3.05) is 46.0 Å². The van der Waals surface area contributed by atoms with Crippen LogP contribution in [0.25, 0.3) is 0 Å². The molecular formula is C25H29BrN2O3. The number of ether oxygens (including phenoxy) is 2. The molecular weight excluding hydrogens is 456 g/mol. The first-order chi connectivity index (χ1) is 15.1. The zero-order chi connectivity index (χ0) is 21.3. The first-order valence-corrected chi connectivity index (χ1v) is 12.0. The summed E-state index contributed by atoms with van der Waals surface area (Å²) in [5.74, 6) is 1.31. The van der Waals surface area contributed by atoms with Gasteiger partial charge in [-0.2, -0.15) is 0 Å². The van der Waals surface area contributed by atoms with Gasteiger partial charge in [-0.15, -0.1) is 0 Å². The predicted octanol–water partition coefficient (Wildman–Crippen LogP) is 3.78. The van der Waals surface area contributed by atoms with Crippen LogP contribution in [0.15, 0.2) is 46.9 Å². The van der Waals surface area contributed by atoms with Gasteiger partial charge in [0, 0.05) is 56.8 Å². The molecule has 0 spiro atoms. The number of nitrogens with zero attached hydrogens (tertiary/aromatic N) is 2. The topological polar surface area (TPSA) is 42.0 Å². The molecule has 2 saturated heterocycles. The molecule has 3 aliphatic rings. The van der Waals surface area contributed by atoms with Crippen molar-refractivity contribution in [2.45, 2.75) is 31.2 Å². The Hall–Kier alpha value is -1.89. The van der Waals surface area contributed by atoms with Gasteiger partial charge in [0.05, 0.1) is 12.0 Å². The maximum atomic E-state index is 13.8. The maximum Gasteiger partial charge on any atom is 0.233 e. The predicted molar refractivity (Wildman–Crippen MR) is 123 cm³/mol. The Morgan fingerprint density at radius 3 is 2.45 bits per heavy atom. The van der Waals surface area contributed by atoms with Gasteiger partial charge in [0.1, 0.15) is 5.75 Å². The van der Waals surface area contributed by atoms with Crippen molar-refractivity contribution in [3.05, 3.63) is 63.6 Å². The van der Waals surface area contributed by atoms with E-state index in [0.29, 0.717) is 13.2 Å². The molecule has 164 valence electrons. The van der Waals surface area contributed by atoms with Crippen LogP contribution in [0.1, 0.15) is 29.5 Å². The fraction of sp³-hybridized carbons (Fsp3) is 0.480. The van der Waals surface area contributed by atoms with E-state index in [4.69, 9.17) is 9.47 Å². The number of amides is 1. The number of rotatable bonds is 4. The zero-order valence-electron chi connectivity index (χ0n) is 17.8. The van der Waals surface area contributed by atoms with Crippen LogP contribution in [0.2, 0.25) is 0 Å². The molecule has 3 aliphatic heterocycles. The van der Waals surface area contributed by atoms with Crippen molar-refractivity contribution in [1.82, 2.24) is 9.80 Å². The van der Waals surface area contributed by atoms with E-state index in [9.17, 15) is 4.79 Å². The monoisotopic (exact) mass is 484 g/mol. The number of fused-ring (bicyclic) bond motifs is 1. The van der Waals surface area contributed by atoms with Crippen LogP contribution in [-0.4, -0.2) is 61.7 Å². The molecule has 31 heavy (non-hydrogen) atoms. The molecule has 2 fully saturated rings. The summed E-state index contributed by atoms with van der Waals surface area (Å²) in [6, 6.07) is 14.8. The van der Waals surface area contributed by atoms with E-state index in [0.717, 1.165) is 74.4 Å². The number of halogens is 1. The van der Waals surface area contributed by atoms with E-state index >= 15 is 0 Å². The highest BCUT2D eigenvalue weighted by molar-refractivity contribution is 9.10. The van der Waals surface area contributed by atoms with Crippen LogP contribution < -0.4 is 4.74 Å². The van der Waals surface area contributed by atoms with Gasteiger partial charge in [0.2, 0.25) is 5.91 Å². The third-order valence-corrected chi connectivity index (χ3v) is 7.50. The lowest BCUT2D eigenvalue weighted by molar-refractivity contribution is -0.143. The van der Waals surface area contributed by atoms with E-state index in [1.807, 2.05) is 12.1 Å². The van der Waals surface area contributed by atoms with Crippen LogP contribution >= 0.6 is 15.9 Å². The molecule has 0 aromatic heterocycles. The number of hydrogen-bond acceptors (Lipinski definition) is 4. The van der Waals surface area contributed by atoms with Gasteiger partial charge in [-0.25, -0.2) is 0 Å². The second-order valence-corrected chi connectivity index (χ2v) is 9.73. The van der Waals surface area contributed by atoms with E-state index in [2.05, 4.69) is 56.1 Å². The summed E-state index contributed by atoms with van der Waals surface area (Å²) in [4.78, 5) is 18.3. The van der Waals surface area contributed by atoms with E-state index < -0.39 is 5.41 Å². The first-order valence-electron chi connectivity index (χ1n) is 11.2.